The Morgan fingerprint density at radius 2 is 1.86 bits per heavy atom. The molecule has 0 aliphatic heterocycles. The molecule has 0 aliphatic carbocycles. The van der Waals surface area contributed by atoms with Crippen molar-refractivity contribution in [3.63, 3.8) is 0 Å². The highest BCUT2D eigenvalue weighted by molar-refractivity contribution is 7.92. The molecule has 1 aromatic heterocycles. The van der Waals surface area contributed by atoms with Crippen molar-refractivity contribution in [2.75, 3.05) is 10.6 Å². The van der Waals surface area contributed by atoms with E-state index in [4.69, 9.17) is 11.6 Å². The lowest BCUT2D eigenvalue weighted by molar-refractivity contribution is 0.599. The molecule has 2 rings (SSSR count). The molecule has 0 radical (unpaired) electrons. The summed E-state index contributed by atoms with van der Waals surface area (Å²) < 4.78 is 29.1. The maximum Gasteiger partial charge on any atom is 0.265 e. The Morgan fingerprint density at radius 3 is 2.33 bits per heavy atom. The van der Waals surface area contributed by atoms with E-state index < -0.39 is 10.0 Å². The van der Waals surface area contributed by atoms with Gasteiger partial charge in [-0.1, -0.05) is 12.1 Å². The third kappa shape index (κ3) is 3.39. The molecule has 1 heterocycles. The summed E-state index contributed by atoms with van der Waals surface area (Å²) in [5.74, 6) is 0.541. The molecule has 0 fully saturated rings. The fraction of sp³-hybridized carbons (Fsp3) is 0.357. The van der Waals surface area contributed by atoms with Crippen molar-refractivity contribution in [2.24, 2.45) is 7.05 Å². The number of benzene rings is 1. The van der Waals surface area contributed by atoms with E-state index in [0.717, 1.165) is 12.0 Å². The second-order valence-corrected chi connectivity index (χ2v) is 6.86. The van der Waals surface area contributed by atoms with Gasteiger partial charge in [-0.3, -0.25) is 9.40 Å². The first-order chi connectivity index (χ1) is 9.85. The Morgan fingerprint density at radius 1 is 1.24 bits per heavy atom. The van der Waals surface area contributed by atoms with Gasteiger partial charge in [0, 0.05) is 18.6 Å². The number of sulfonamides is 1. The Kier molecular flexibility index (Phi) is 4.58. The smallest absolute Gasteiger partial charge is 0.265 e. The van der Waals surface area contributed by atoms with E-state index >= 15 is 0 Å². The molecule has 0 aliphatic rings. The average Bonchev–Trinajstić information content (AvgIpc) is 2.66. The van der Waals surface area contributed by atoms with E-state index in [9.17, 15) is 8.42 Å². The zero-order valence-corrected chi connectivity index (χ0v) is 13.8. The molecule has 0 spiro atoms. The lowest BCUT2D eigenvalue weighted by Gasteiger charge is -2.09. The van der Waals surface area contributed by atoms with Crippen molar-refractivity contribution in [3.8, 4) is 0 Å². The van der Waals surface area contributed by atoms with E-state index in [2.05, 4.69) is 9.82 Å². The summed E-state index contributed by atoms with van der Waals surface area (Å²) in [4.78, 5) is 0.231. The van der Waals surface area contributed by atoms with Crippen LogP contribution in [0.15, 0.2) is 29.2 Å². The zero-order valence-electron chi connectivity index (χ0n) is 12.2. The lowest BCUT2D eigenvalue weighted by atomic mass is 10.2. The van der Waals surface area contributed by atoms with Crippen LogP contribution in [0.2, 0.25) is 0 Å². The normalized spacial score (nSPS) is 11.6. The van der Waals surface area contributed by atoms with Crippen molar-refractivity contribution >= 4 is 27.3 Å². The van der Waals surface area contributed by atoms with E-state index in [0.29, 0.717) is 23.0 Å². The number of alkyl halides is 1. The molecule has 1 aromatic carbocycles. The quantitative estimate of drug-likeness (QED) is 0.859. The van der Waals surface area contributed by atoms with Crippen molar-refractivity contribution in [1.29, 1.82) is 0 Å². The van der Waals surface area contributed by atoms with Crippen LogP contribution in [-0.4, -0.2) is 24.1 Å². The highest BCUT2D eigenvalue weighted by atomic mass is 35.5. The van der Waals surface area contributed by atoms with Gasteiger partial charge in [-0.15, -0.1) is 11.6 Å². The van der Waals surface area contributed by atoms with Gasteiger partial charge in [-0.05, 0) is 38.0 Å². The SMILES string of the molecule is Cc1nn(C)c(C)c1S(=O)(=O)Nc1ccc(CCCl)cc1. The van der Waals surface area contributed by atoms with Crippen LogP contribution in [0.4, 0.5) is 5.69 Å². The van der Waals surface area contributed by atoms with Gasteiger partial charge in [0.1, 0.15) is 4.90 Å². The van der Waals surface area contributed by atoms with Gasteiger partial charge in [0.25, 0.3) is 10.0 Å². The van der Waals surface area contributed by atoms with Gasteiger partial charge < -0.3 is 0 Å². The zero-order chi connectivity index (χ0) is 15.6. The third-order valence-electron chi connectivity index (χ3n) is 3.30. The average molecular weight is 328 g/mol. The third-order valence-corrected chi connectivity index (χ3v) is 5.12. The summed E-state index contributed by atoms with van der Waals surface area (Å²) in [7, 11) is -1.91. The number of nitrogens with one attached hydrogen (secondary N) is 1. The van der Waals surface area contributed by atoms with Gasteiger partial charge in [0.15, 0.2) is 0 Å². The second kappa shape index (κ2) is 6.07. The Bertz CT molecular complexity index is 736. The molecular formula is C14H18ClN3O2S. The Hall–Kier alpha value is -1.53. The van der Waals surface area contributed by atoms with Crippen LogP contribution < -0.4 is 4.72 Å². The largest absolute Gasteiger partial charge is 0.280 e. The van der Waals surface area contributed by atoms with Crippen molar-refractivity contribution < 1.29 is 8.42 Å². The molecule has 0 bridgehead atoms. The highest BCUT2D eigenvalue weighted by Gasteiger charge is 2.23. The molecule has 0 saturated carbocycles. The molecule has 114 valence electrons. The monoisotopic (exact) mass is 327 g/mol. The van der Waals surface area contributed by atoms with Gasteiger partial charge in [0.2, 0.25) is 0 Å². The number of rotatable bonds is 5. The van der Waals surface area contributed by atoms with E-state index in [1.807, 2.05) is 12.1 Å². The van der Waals surface area contributed by atoms with Crippen molar-refractivity contribution in [2.45, 2.75) is 25.2 Å². The van der Waals surface area contributed by atoms with Crippen LogP contribution in [0.3, 0.4) is 0 Å². The minimum atomic E-state index is -3.64. The summed E-state index contributed by atoms with van der Waals surface area (Å²) >= 11 is 5.68. The number of anilines is 1. The maximum atomic E-state index is 12.5. The summed E-state index contributed by atoms with van der Waals surface area (Å²) in [6.07, 6.45) is 0.759. The fourth-order valence-corrected chi connectivity index (χ4v) is 3.92. The molecule has 0 atom stereocenters. The number of hydrogen-bond acceptors (Lipinski definition) is 3. The number of halogens is 1. The number of aromatic nitrogens is 2. The predicted molar refractivity (Wildman–Crippen MR) is 84.4 cm³/mol. The molecular weight excluding hydrogens is 310 g/mol. The summed E-state index contributed by atoms with van der Waals surface area (Å²) in [6.45, 7) is 3.42. The molecule has 21 heavy (non-hydrogen) atoms. The topological polar surface area (TPSA) is 64.0 Å². The van der Waals surface area contributed by atoms with Crippen LogP contribution in [0, 0.1) is 13.8 Å². The van der Waals surface area contributed by atoms with Gasteiger partial charge >= 0.3 is 0 Å². The number of aryl methyl sites for hydroxylation is 3. The molecule has 2 aromatic rings. The van der Waals surface area contributed by atoms with E-state index in [1.54, 1.807) is 37.7 Å². The number of hydrogen-bond donors (Lipinski definition) is 1. The standard InChI is InChI=1S/C14H18ClN3O2S/c1-10-14(11(2)18(3)16-10)21(19,20)17-13-6-4-12(5-7-13)8-9-15/h4-7,17H,8-9H2,1-3H3. The molecule has 0 unspecified atom stereocenters. The van der Waals surface area contributed by atoms with Crippen LogP contribution in [0.1, 0.15) is 17.0 Å². The molecule has 0 amide bonds. The van der Waals surface area contributed by atoms with Crippen LogP contribution in [0.25, 0.3) is 0 Å². The number of nitrogens with zero attached hydrogens (tertiary/aromatic N) is 2. The van der Waals surface area contributed by atoms with Crippen LogP contribution in [0.5, 0.6) is 0 Å². The fourth-order valence-electron chi connectivity index (χ4n) is 2.20. The molecule has 1 N–H and O–H groups in total. The summed E-state index contributed by atoms with van der Waals surface area (Å²) in [5, 5.41) is 4.14. The maximum absolute atomic E-state index is 12.5. The highest BCUT2D eigenvalue weighted by Crippen LogP contribution is 2.22. The van der Waals surface area contributed by atoms with Gasteiger partial charge in [0.05, 0.1) is 11.4 Å². The van der Waals surface area contributed by atoms with Crippen LogP contribution >= 0.6 is 11.6 Å². The van der Waals surface area contributed by atoms with E-state index in [-0.39, 0.29) is 4.90 Å². The van der Waals surface area contributed by atoms with E-state index in [1.165, 1.54) is 0 Å². The van der Waals surface area contributed by atoms with Crippen molar-refractivity contribution in [1.82, 2.24) is 9.78 Å². The molecule has 0 saturated heterocycles. The molecule has 7 heteroatoms. The molecule has 5 nitrogen and oxygen atoms in total. The predicted octanol–water partition coefficient (Wildman–Crippen LogP) is 2.62. The minimum absolute atomic E-state index is 0.231. The van der Waals surface area contributed by atoms with Gasteiger partial charge in [-0.2, -0.15) is 5.10 Å². The lowest BCUT2D eigenvalue weighted by Crippen LogP contribution is -2.14. The van der Waals surface area contributed by atoms with Crippen molar-refractivity contribution in [3.05, 3.63) is 41.2 Å². The second-order valence-electron chi connectivity index (χ2n) is 4.86. The first kappa shape index (κ1) is 15.9. The Balaban J connectivity index is 2.29. The van der Waals surface area contributed by atoms with Gasteiger partial charge in [-0.25, -0.2) is 8.42 Å². The minimum Gasteiger partial charge on any atom is -0.280 e. The summed E-state index contributed by atoms with van der Waals surface area (Å²) in [5.41, 5.74) is 2.69. The first-order valence-electron chi connectivity index (χ1n) is 6.53. The first-order valence-corrected chi connectivity index (χ1v) is 8.55. The Labute approximate surface area is 130 Å². The van der Waals surface area contributed by atoms with Crippen LogP contribution in [-0.2, 0) is 23.5 Å². The summed E-state index contributed by atoms with van der Waals surface area (Å²) in [6, 6.07) is 7.20.